The molecule has 0 spiro atoms. The molecule has 1 atom stereocenters. The van der Waals surface area contributed by atoms with Crippen molar-refractivity contribution < 1.29 is 9.53 Å². The van der Waals surface area contributed by atoms with Crippen LogP contribution < -0.4 is 0 Å². The van der Waals surface area contributed by atoms with Crippen LogP contribution in [0.15, 0.2) is 41.6 Å². The average molecular weight is 425 g/mol. The number of carbonyl (C=O) groups is 1. The maximum Gasteiger partial charge on any atom is 0.209 e. The molecular weight excluding hydrogens is 396 g/mol. The number of rotatable bonds is 9. The van der Waals surface area contributed by atoms with Crippen LogP contribution in [-0.4, -0.2) is 44.6 Å². The molecule has 1 saturated carbocycles. The van der Waals surface area contributed by atoms with Crippen molar-refractivity contribution in [3.63, 3.8) is 0 Å². The Bertz CT molecular complexity index is 1040. The molecule has 0 amide bonds. The van der Waals surface area contributed by atoms with Crippen LogP contribution in [0.2, 0.25) is 0 Å². The topological polar surface area (TPSA) is 61.9 Å². The summed E-state index contributed by atoms with van der Waals surface area (Å²) in [4.78, 5) is 17.7. The van der Waals surface area contributed by atoms with Crippen LogP contribution in [0.4, 0.5) is 0 Å². The van der Waals surface area contributed by atoms with Gasteiger partial charge in [-0.3, -0.25) is 4.79 Å². The Morgan fingerprint density at radius 1 is 1.27 bits per heavy atom. The Kier molecular flexibility index (Phi) is 6.11. The maximum absolute atomic E-state index is 13.0. The van der Waals surface area contributed by atoms with E-state index >= 15 is 0 Å². The summed E-state index contributed by atoms with van der Waals surface area (Å²) in [7, 11) is 1.70. The molecule has 0 unspecified atom stereocenters. The van der Waals surface area contributed by atoms with Crippen molar-refractivity contribution in [2.45, 2.75) is 50.7 Å². The van der Waals surface area contributed by atoms with Gasteiger partial charge in [0.1, 0.15) is 5.82 Å². The zero-order chi connectivity index (χ0) is 21.3. The molecule has 30 heavy (non-hydrogen) atoms. The standard InChI is InChI=1S/C23H28N4O2S/c1-15-12-20(17(3)26(15)16(2)13-29-4)21(28)14-30-23-24-22(18-10-11-18)27(25-23)19-8-6-5-7-9-19/h5-9,12,16,18H,10-11,13-14H2,1-4H3/t16-/m1/s1. The number of Topliss-reactive ketones (excluding diaryl/α,β-unsaturated/α-hetero) is 1. The average Bonchev–Trinajstić information content (AvgIpc) is 3.42. The number of ketones is 1. The van der Waals surface area contributed by atoms with Gasteiger partial charge in [0.05, 0.1) is 24.1 Å². The molecule has 0 bridgehead atoms. The molecule has 7 heteroatoms. The van der Waals surface area contributed by atoms with Crippen LogP contribution >= 0.6 is 11.8 Å². The van der Waals surface area contributed by atoms with Crippen molar-refractivity contribution in [2.24, 2.45) is 0 Å². The highest BCUT2D eigenvalue weighted by Crippen LogP contribution is 2.40. The second-order valence-corrected chi connectivity index (χ2v) is 8.89. The molecule has 1 aliphatic carbocycles. The largest absolute Gasteiger partial charge is 0.383 e. The van der Waals surface area contributed by atoms with E-state index in [9.17, 15) is 4.79 Å². The van der Waals surface area contributed by atoms with Gasteiger partial charge in [-0.25, -0.2) is 9.67 Å². The molecule has 0 saturated heterocycles. The quantitative estimate of drug-likeness (QED) is 0.367. The lowest BCUT2D eigenvalue weighted by molar-refractivity contribution is 0.102. The highest BCUT2D eigenvalue weighted by atomic mass is 32.2. The molecule has 1 aliphatic rings. The monoisotopic (exact) mass is 424 g/mol. The first kappa shape index (κ1) is 20.9. The Morgan fingerprint density at radius 2 is 2.00 bits per heavy atom. The Labute approximate surface area is 181 Å². The van der Waals surface area contributed by atoms with E-state index in [1.807, 2.05) is 54.9 Å². The fourth-order valence-corrected chi connectivity index (χ4v) is 4.70. The molecule has 1 aromatic carbocycles. The SMILES string of the molecule is COC[C@@H](C)n1c(C)cc(C(=O)CSc2nc(C3CC3)n(-c3ccccc3)n2)c1C. The van der Waals surface area contributed by atoms with Crippen LogP contribution in [0, 0.1) is 13.8 Å². The minimum atomic E-state index is 0.105. The van der Waals surface area contributed by atoms with Crippen LogP contribution in [0.25, 0.3) is 5.69 Å². The van der Waals surface area contributed by atoms with E-state index in [4.69, 9.17) is 14.8 Å². The normalized spacial score (nSPS) is 14.8. The predicted molar refractivity (Wildman–Crippen MR) is 119 cm³/mol. The number of ether oxygens (including phenoxy) is 1. The number of aryl methyl sites for hydroxylation is 1. The van der Waals surface area contributed by atoms with Gasteiger partial charge in [-0.15, -0.1) is 5.10 Å². The number of hydrogen-bond donors (Lipinski definition) is 0. The highest BCUT2D eigenvalue weighted by Gasteiger charge is 2.30. The smallest absolute Gasteiger partial charge is 0.209 e. The van der Waals surface area contributed by atoms with E-state index in [2.05, 4.69) is 11.5 Å². The summed E-state index contributed by atoms with van der Waals surface area (Å²) in [5.41, 5.74) is 3.85. The Balaban J connectivity index is 1.50. The predicted octanol–water partition coefficient (Wildman–Crippen LogP) is 4.75. The van der Waals surface area contributed by atoms with Gasteiger partial charge >= 0.3 is 0 Å². The van der Waals surface area contributed by atoms with Gasteiger partial charge in [-0.1, -0.05) is 30.0 Å². The van der Waals surface area contributed by atoms with E-state index in [1.165, 1.54) is 11.8 Å². The lowest BCUT2D eigenvalue weighted by atomic mass is 10.2. The highest BCUT2D eigenvalue weighted by molar-refractivity contribution is 7.99. The Hall–Kier alpha value is -2.38. The minimum Gasteiger partial charge on any atom is -0.383 e. The number of thioether (sulfide) groups is 1. The third kappa shape index (κ3) is 4.23. The molecule has 4 rings (SSSR count). The van der Waals surface area contributed by atoms with Crippen molar-refractivity contribution in [1.82, 2.24) is 19.3 Å². The number of methoxy groups -OCH3 is 1. The number of carbonyl (C=O) groups excluding carboxylic acids is 1. The van der Waals surface area contributed by atoms with Gasteiger partial charge in [-0.2, -0.15) is 0 Å². The maximum atomic E-state index is 13.0. The summed E-state index contributed by atoms with van der Waals surface area (Å²) in [6.07, 6.45) is 2.31. The van der Waals surface area contributed by atoms with Gasteiger partial charge in [0.25, 0.3) is 0 Å². The van der Waals surface area contributed by atoms with Gasteiger partial charge < -0.3 is 9.30 Å². The summed E-state index contributed by atoms with van der Waals surface area (Å²) in [5.74, 6) is 1.91. The summed E-state index contributed by atoms with van der Waals surface area (Å²) in [6, 6.07) is 12.3. The van der Waals surface area contributed by atoms with Gasteiger partial charge in [-0.05, 0) is 51.8 Å². The van der Waals surface area contributed by atoms with Crippen LogP contribution in [0.3, 0.4) is 0 Å². The van der Waals surface area contributed by atoms with E-state index in [0.29, 0.717) is 23.4 Å². The number of para-hydroxylation sites is 1. The molecule has 2 heterocycles. The molecule has 0 N–H and O–H groups in total. The molecule has 0 radical (unpaired) electrons. The van der Waals surface area contributed by atoms with Gasteiger partial charge in [0, 0.05) is 30.0 Å². The van der Waals surface area contributed by atoms with Crippen LogP contribution in [-0.2, 0) is 4.74 Å². The second kappa shape index (κ2) is 8.78. The third-order valence-electron chi connectivity index (χ3n) is 5.52. The van der Waals surface area contributed by atoms with E-state index in [-0.39, 0.29) is 11.8 Å². The van der Waals surface area contributed by atoms with E-state index in [1.54, 1.807) is 7.11 Å². The molecule has 158 valence electrons. The Morgan fingerprint density at radius 3 is 2.67 bits per heavy atom. The first-order chi connectivity index (χ1) is 14.5. The lowest BCUT2D eigenvalue weighted by Crippen LogP contribution is -2.14. The van der Waals surface area contributed by atoms with Crippen LogP contribution in [0.1, 0.15) is 59.3 Å². The first-order valence-corrected chi connectivity index (χ1v) is 11.3. The minimum absolute atomic E-state index is 0.105. The second-order valence-electron chi connectivity index (χ2n) is 7.95. The molecule has 1 fully saturated rings. The van der Waals surface area contributed by atoms with E-state index in [0.717, 1.165) is 41.3 Å². The van der Waals surface area contributed by atoms with E-state index < -0.39 is 0 Å². The number of nitrogens with zero attached hydrogens (tertiary/aromatic N) is 4. The molecule has 2 aromatic heterocycles. The summed E-state index contributed by atoms with van der Waals surface area (Å²) >= 11 is 1.41. The summed E-state index contributed by atoms with van der Waals surface area (Å²) < 4.78 is 9.40. The molecule has 0 aliphatic heterocycles. The fraction of sp³-hybridized carbons (Fsp3) is 0.435. The van der Waals surface area contributed by atoms with Crippen molar-refractivity contribution in [3.8, 4) is 5.69 Å². The molecular formula is C23H28N4O2S. The molecule has 3 aromatic rings. The van der Waals surface area contributed by atoms with Gasteiger partial charge in [0.2, 0.25) is 5.16 Å². The van der Waals surface area contributed by atoms with Crippen molar-refractivity contribution >= 4 is 17.5 Å². The number of benzene rings is 1. The third-order valence-corrected chi connectivity index (χ3v) is 6.36. The molecule has 6 nitrogen and oxygen atoms in total. The number of hydrogen-bond acceptors (Lipinski definition) is 5. The van der Waals surface area contributed by atoms with Crippen molar-refractivity contribution in [2.75, 3.05) is 19.5 Å². The number of aromatic nitrogens is 4. The zero-order valence-electron chi connectivity index (χ0n) is 18.0. The lowest BCUT2D eigenvalue weighted by Gasteiger charge is -2.17. The first-order valence-electron chi connectivity index (χ1n) is 10.3. The van der Waals surface area contributed by atoms with Crippen LogP contribution in [0.5, 0.6) is 0 Å². The van der Waals surface area contributed by atoms with Crippen molar-refractivity contribution in [3.05, 3.63) is 59.2 Å². The summed E-state index contributed by atoms with van der Waals surface area (Å²) in [6.45, 7) is 6.76. The fourth-order valence-electron chi connectivity index (χ4n) is 3.99. The zero-order valence-corrected chi connectivity index (χ0v) is 18.8. The van der Waals surface area contributed by atoms with Crippen molar-refractivity contribution in [1.29, 1.82) is 0 Å². The van der Waals surface area contributed by atoms with Gasteiger partial charge in [0.15, 0.2) is 5.78 Å². The summed E-state index contributed by atoms with van der Waals surface area (Å²) in [5, 5.41) is 5.36.